The summed E-state index contributed by atoms with van der Waals surface area (Å²) >= 11 is 0. The second kappa shape index (κ2) is 4.66. The summed E-state index contributed by atoms with van der Waals surface area (Å²) in [6.45, 7) is 0.728. The molecule has 1 amide bonds. The number of hydrogen-bond donors (Lipinski definition) is 0. The lowest BCUT2D eigenvalue weighted by Gasteiger charge is -2.14. The van der Waals surface area contributed by atoms with Crippen LogP contribution in [0.2, 0.25) is 0 Å². The van der Waals surface area contributed by atoms with E-state index in [0.29, 0.717) is 18.8 Å². The number of carbonyl (C=O) groups excluding carboxylic acids is 1. The molecular weight excluding hydrogens is 268 g/mol. The van der Waals surface area contributed by atoms with E-state index in [4.69, 9.17) is 10.7 Å². The molecule has 0 aliphatic carbocycles. The fourth-order valence-corrected chi connectivity index (χ4v) is 3.24. The van der Waals surface area contributed by atoms with Crippen LogP contribution in [0, 0.1) is 5.92 Å². The minimum atomic E-state index is -3.56. The number of hydrogen-bond acceptors (Lipinski definition) is 5. The van der Waals surface area contributed by atoms with Crippen LogP contribution in [-0.2, 0) is 20.4 Å². The van der Waals surface area contributed by atoms with Crippen molar-refractivity contribution in [2.24, 2.45) is 5.92 Å². The third kappa shape index (κ3) is 3.44. The average molecular weight is 279 g/mol. The Labute approximate surface area is 103 Å². The van der Waals surface area contributed by atoms with E-state index in [0.717, 1.165) is 0 Å². The maximum atomic E-state index is 11.6. The number of nitrogens with zero attached hydrogens (tertiary/aromatic N) is 2. The molecule has 1 aliphatic heterocycles. The van der Waals surface area contributed by atoms with Crippen LogP contribution in [0.25, 0.3) is 0 Å². The Morgan fingerprint density at radius 2 is 2.35 bits per heavy atom. The highest BCUT2D eigenvalue weighted by molar-refractivity contribution is 8.13. The zero-order valence-electron chi connectivity index (χ0n) is 8.87. The molecule has 0 spiro atoms. The van der Waals surface area contributed by atoms with Crippen molar-refractivity contribution in [3.63, 3.8) is 0 Å². The smallest absolute Gasteiger partial charge is 0.232 e. The van der Waals surface area contributed by atoms with Crippen molar-refractivity contribution in [3.05, 3.63) is 18.0 Å². The Balaban J connectivity index is 1.96. The topological polar surface area (TPSA) is 80.5 Å². The lowest BCUT2D eigenvalue weighted by molar-refractivity contribution is -0.128. The van der Waals surface area contributed by atoms with E-state index in [1.165, 1.54) is 6.26 Å². The van der Waals surface area contributed by atoms with E-state index >= 15 is 0 Å². The standard InChI is InChI=1S/C9H11ClN2O4S/c10-17(14,15)6-7-3-9(13)12(4-7)5-8-1-2-16-11-8/h1-2,7H,3-6H2. The second-order valence-electron chi connectivity index (χ2n) is 4.04. The normalized spacial score (nSPS) is 21.1. The van der Waals surface area contributed by atoms with Gasteiger partial charge < -0.3 is 9.42 Å². The van der Waals surface area contributed by atoms with Crippen LogP contribution in [0.4, 0.5) is 0 Å². The summed E-state index contributed by atoms with van der Waals surface area (Å²) in [6.07, 6.45) is 1.64. The Bertz CT molecular complexity index is 499. The van der Waals surface area contributed by atoms with Gasteiger partial charge in [-0.3, -0.25) is 4.79 Å². The van der Waals surface area contributed by atoms with E-state index < -0.39 is 9.05 Å². The van der Waals surface area contributed by atoms with Gasteiger partial charge in [0.1, 0.15) is 12.0 Å². The Kier molecular flexibility index (Phi) is 3.39. The molecule has 0 radical (unpaired) electrons. The maximum absolute atomic E-state index is 11.6. The monoisotopic (exact) mass is 278 g/mol. The molecule has 94 valence electrons. The quantitative estimate of drug-likeness (QED) is 0.753. The van der Waals surface area contributed by atoms with E-state index in [1.54, 1.807) is 11.0 Å². The van der Waals surface area contributed by atoms with Crippen LogP contribution in [-0.4, -0.2) is 36.7 Å². The predicted octanol–water partition coefficient (Wildman–Crippen LogP) is 0.592. The molecule has 2 heterocycles. The van der Waals surface area contributed by atoms with E-state index in [2.05, 4.69) is 9.68 Å². The first-order chi connectivity index (χ1) is 7.94. The number of amides is 1. The van der Waals surface area contributed by atoms with Gasteiger partial charge in [0.15, 0.2) is 0 Å². The Hall–Kier alpha value is -1.08. The molecule has 1 saturated heterocycles. The molecule has 1 aliphatic rings. The van der Waals surface area contributed by atoms with Gasteiger partial charge in [0, 0.05) is 35.6 Å². The van der Waals surface area contributed by atoms with Crippen LogP contribution < -0.4 is 0 Å². The number of aromatic nitrogens is 1. The zero-order chi connectivity index (χ0) is 12.5. The van der Waals surface area contributed by atoms with Gasteiger partial charge in [-0.1, -0.05) is 5.16 Å². The number of rotatable bonds is 4. The van der Waals surface area contributed by atoms with Gasteiger partial charge in [-0.25, -0.2) is 8.42 Å². The molecular formula is C9H11ClN2O4S. The van der Waals surface area contributed by atoms with Crippen molar-refractivity contribution in [2.45, 2.75) is 13.0 Å². The van der Waals surface area contributed by atoms with Crippen LogP contribution in [0.3, 0.4) is 0 Å². The van der Waals surface area contributed by atoms with Crippen molar-refractivity contribution >= 4 is 25.6 Å². The molecule has 8 heteroatoms. The summed E-state index contributed by atoms with van der Waals surface area (Å²) in [7, 11) is 1.61. The summed E-state index contributed by atoms with van der Waals surface area (Å²) in [6, 6.07) is 1.67. The molecule has 1 fully saturated rings. The molecule has 17 heavy (non-hydrogen) atoms. The molecule has 0 bridgehead atoms. The molecule has 6 nitrogen and oxygen atoms in total. The predicted molar refractivity (Wildman–Crippen MR) is 59.7 cm³/mol. The molecule has 1 atom stereocenters. The van der Waals surface area contributed by atoms with Crippen molar-refractivity contribution in [1.29, 1.82) is 0 Å². The molecule has 0 saturated carbocycles. The lowest BCUT2D eigenvalue weighted by atomic mass is 10.1. The highest BCUT2D eigenvalue weighted by atomic mass is 35.7. The van der Waals surface area contributed by atoms with Gasteiger partial charge in [0.25, 0.3) is 0 Å². The Morgan fingerprint density at radius 3 is 2.94 bits per heavy atom. The summed E-state index contributed by atoms with van der Waals surface area (Å²) in [5.41, 5.74) is 0.646. The summed E-state index contributed by atoms with van der Waals surface area (Å²) in [5.74, 6) is -0.495. The minimum absolute atomic E-state index is 0.0849. The maximum Gasteiger partial charge on any atom is 0.232 e. The highest BCUT2D eigenvalue weighted by Gasteiger charge is 2.32. The average Bonchev–Trinajstić information content (AvgIpc) is 2.75. The first-order valence-electron chi connectivity index (χ1n) is 5.03. The first kappa shape index (κ1) is 12.4. The van der Waals surface area contributed by atoms with Crippen molar-refractivity contribution in [3.8, 4) is 0 Å². The van der Waals surface area contributed by atoms with Crippen molar-refractivity contribution in [2.75, 3.05) is 12.3 Å². The third-order valence-electron chi connectivity index (χ3n) is 2.57. The van der Waals surface area contributed by atoms with Gasteiger partial charge >= 0.3 is 0 Å². The fourth-order valence-electron chi connectivity index (χ4n) is 1.91. The van der Waals surface area contributed by atoms with Crippen LogP contribution >= 0.6 is 10.7 Å². The van der Waals surface area contributed by atoms with Gasteiger partial charge in [-0.2, -0.15) is 0 Å². The molecule has 2 rings (SSSR count). The third-order valence-corrected chi connectivity index (χ3v) is 3.82. The van der Waals surface area contributed by atoms with E-state index in [1.807, 2.05) is 0 Å². The van der Waals surface area contributed by atoms with Crippen LogP contribution in [0.1, 0.15) is 12.1 Å². The molecule has 0 aromatic carbocycles. The lowest BCUT2D eigenvalue weighted by Crippen LogP contribution is -2.25. The van der Waals surface area contributed by atoms with Crippen molar-refractivity contribution in [1.82, 2.24) is 10.1 Å². The van der Waals surface area contributed by atoms with E-state index in [-0.39, 0.29) is 24.0 Å². The largest absolute Gasteiger partial charge is 0.364 e. The zero-order valence-corrected chi connectivity index (χ0v) is 10.4. The number of likely N-dealkylation sites (tertiary alicyclic amines) is 1. The summed E-state index contributed by atoms with van der Waals surface area (Å²) in [4.78, 5) is 13.2. The van der Waals surface area contributed by atoms with Gasteiger partial charge in [-0.05, 0) is 0 Å². The van der Waals surface area contributed by atoms with Crippen LogP contribution in [0.15, 0.2) is 16.9 Å². The molecule has 0 N–H and O–H groups in total. The summed E-state index contributed by atoms with van der Waals surface area (Å²) < 4.78 is 26.5. The second-order valence-corrected chi connectivity index (χ2v) is 6.86. The highest BCUT2D eigenvalue weighted by Crippen LogP contribution is 2.22. The van der Waals surface area contributed by atoms with Crippen LogP contribution in [0.5, 0.6) is 0 Å². The fraction of sp³-hybridized carbons (Fsp3) is 0.556. The first-order valence-corrected chi connectivity index (χ1v) is 7.51. The number of halogens is 1. The van der Waals surface area contributed by atoms with Gasteiger partial charge in [0.2, 0.25) is 15.0 Å². The Morgan fingerprint density at radius 1 is 1.59 bits per heavy atom. The molecule has 1 aromatic heterocycles. The SMILES string of the molecule is O=C1CC(CS(=O)(=O)Cl)CN1Cc1ccon1. The van der Waals surface area contributed by atoms with E-state index in [9.17, 15) is 13.2 Å². The summed E-state index contributed by atoms with van der Waals surface area (Å²) in [5, 5.41) is 3.70. The molecule has 1 aromatic rings. The van der Waals surface area contributed by atoms with Crippen molar-refractivity contribution < 1.29 is 17.7 Å². The minimum Gasteiger partial charge on any atom is -0.364 e. The molecule has 1 unspecified atom stereocenters. The number of carbonyl (C=O) groups is 1. The van der Waals surface area contributed by atoms with Gasteiger partial charge in [0.05, 0.1) is 12.3 Å². The van der Waals surface area contributed by atoms with Gasteiger partial charge in [-0.15, -0.1) is 0 Å².